The van der Waals surface area contributed by atoms with E-state index in [1.165, 1.54) is 18.2 Å². The molecule has 0 atom stereocenters. The van der Waals surface area contributed by atoms with Gasteiger partial charge < -0.3 is 5.32 Å². The number of nitrogens with one attached hydrogen (secondary N) is 2. The number of sulfonamides is 1. The molecular weight excluding hydrogens is 479 g/mol. The predicted molar refractivity (Wildman–Crippen MR) is 130 cm³/mol. The summed E-state index contributed by atoms with van der Waals surface area (Å²) in [6.07, 6.45) is 0. The zero-order valence-electron chi connectivity index (χ0n) is 18.2. The number of anilines is 2. The van der Waals surface area contributed by atoms with Crippen LogP contribution in [-0.4, -0.2) is 24.1 Å². The second-order valence-corrected chi connectivity index (χ2v) is 9.59. The molecule has 174 valence electrons. The van der Waals surface area contributed by atoms with Crippen molar-refractivity contribution in [3.8, 4) is 5.69 Å². The lowest BCUT2D eigenvalue weighted by molar-refractivity contribution is 0.102. The number of benzene rings is 3. The molecule has 4 rings (SSSR count). The summed E-state index contributed by atoms with van der Waals surface area (Å²) in [6.45, 7) is 3.62. The minimum absolute atomic E-state index is 0.0204. The number of aromatic nitrogens is 2. The number of carbonyl (C=O) groups is 1. The van der Waals surface area contributed by atoms with Gasteiger partial charge in [-0.2, -0.15) is 5.10 Å². The fourth-order valence-corrected chi connectivity index (χ4v) is 4.68. The molecular formula is C24H20ClFN4O3S. The maximum absolute atomic E-state index is 13.2. The molecule has 0 fully saturated rings. The Labute approximate surface area is 201 Å². The standard InChI is InChI=1S/C24H20ClFN4O3S/c1-15-23(16(2)30(28-15)19-6-4-3-5-7-19)27-24(31)17-8-13-21(25)22(14-17)29-34(32,33)20-11-9-18(26)10-12-20/h3-14,29H,1-2H3,(H,27,31). The third-order valence-corrected chi connectivity index (χ3v) is 6.84. The number of rotatable bonds is 6. The molecule has 1 heterocycles. The molecule has 0 spiro atoms. The first kappa shape index (κ1) is 23.5. The van der Waals surface area contributed by atoms with Crippen molar-refractivity contribution >= 4 is 38.9 Å². The maximum Gasteiger partial charge on any atom is 0.261 e. The van der Waals surface area contributed by atoms with E-state index in [9.17, 15) is 17.6 Å². The van der Waals surface area contributed by atoms with Crippen LogP contribution < -0.4 is 10.0 Å². The lowest BCUT2D eigenvalue weighted by atomic mass is 10.2. The van der Waals surface area contributed by atoms with Gasteiger partial charge >= 0.3 is 0 Å². The van der Waals surface area contributed by atoms with Gasteiger partial charge in [-0.25, -0.2) is 17.5 Å². The first-order valence-electron chi connectivity index (χ1n) is 10.2. The van der Waals surface area contributed by atoms with Crippen molar-refractivity contribution < 1.29 is 17.6 Å². The number of carbonyl (C=O) groups excluding carboxylic acids is 1. The molecule has 0 unspecified atom stereocenters. The van der Waals surface area contributed by atoms with Crippen LogP contribution in [0.2, 0.25) is 5.02 Å². The molecule has 7 nitrogen and oxygen atoms in total. The first-order valence-corrected chi connectivity index (χ1v) is 12.0. The van der Waals surface area contributed by atoms with E-state index in [0.717, 1.165) is 35.6 Å². The van der Waals surface area contributed by atoms with Crippen molar-refractivity contribution in [3.05, 3.63) is 101 Å². The van der Waals surface area contributed by atoms with E-state index in [2.05, 4.69) is 15.1 Å². The number of nitrogens with zero attached hydrogens (tertiary/aromatic N) is 2. The van der Waals surface area contributed by atoms with Crippen molar-refractivity contribution in [2.45, 2.75) is 18.7 Å². The van der Waals surface area contributed by atoms with Gasteiger partial charge in [0.05, 0.1) is 38.4 Å². The van der Waals surface area contributed by atoms with E-state index in [-0.39, 0.29) is 21.2 Å². The average molecular weight is 499 g/mol. The third kappa shape index (κ3) is 4.80. The Kier molecular flexibility index (Phi) is 6.41. The average Bonchev–Trinajstić information content (AvgIpc) is 3.09. The predicted octanol–water partition coefficient (Wildman–Crippen LogP) is 5.33. The van der Waals surface area contributed by atoms with Crippen LogP contribution in [0.4, 0.5) is 15.8 Å². The first-order chi connectivity index (χ1) is 16.2. The van der Waals surface area contributed by atoms with Crippen LogP contribution in [0.3, 0.4) is 0 Å². The second-order valence-electron chi connectivity index (χ2n) is 7.50. The Morgan fingerprint density at radius 3 is 2.35 bits per heavy atom. The number of hydrogen-bond acceptors (Lipinski definition) is 4. The van der Waals surface area contributed by atoms with Crippen LogP contribution in [0.25, 0.3) is 5.69 Å². The molecule has 34 heavy (non-hydrogen) atoms. The molecule has 2 N–H and O–H groups in total. The van der Waals surface area contributed by atoms with Gasteiger partial charge in [-0.15, -0.1) is 0 Å². The van der Waals surface area contributed by atoms with Crippen LogP contribution in [0.5, 0.6) is 0 Å². The zero-order chi connectivity index (χ0) is 24.5. The summed E-state index contributed by atoms with van der Waals surface area (Å²) in [6, 6.07) is 18.1. The summed E-state index contributed by atoms with van der Waals surface area (Å²) >= 11 is 6.17. The highest BCUT2D eigenvalue weighted by molar-refractivity contribution is 7.92. The van der Waals surface area contributed by atoms with E-state index in [4.69, 9.17) is 11.6 Å². The number of halogens is 2. The monoisotopic (exact) mass is 498 g/mol. The molecule has 0 bridgehead atoms. The van der Waals surface area contributed by atoms with Crippen molar-refractivity contribution in [2.75, 3.05) is 10.0 Å². The normalized spacial score (nSPS) is 11.3. The van der Waals surface area contributed by atoms with Crippen LogP contribution in [0.15, 0.2) is 77.7 Å². The van der Waals surface area contributed by atoms with Crippen molar-refractivity contribution in [2.24, 2.45) is 0 Å². The van der Waals surface area contributed by atoms with Crippen LogP contribution in [0.1, 0.15) is 21.7 Å². The highest BCUT2D eigenvalue weighted by Crippen LogP contribution is 2.28. The Morgan fingerprint density at radius 2 is 1.68 bits per heavy atom. The topological polar surface area (TPSA) is 93.1 Å². The van der Waals surface area contributed by atoms with Gasteiger partial charge in [-0.1, -0.05) is 29.8 Å². The molecule has 10 heteroatoms. The largest absolute Gasteiger partial charge is 0.319 e. The summed E-state index contributed by atoms with van der Waals surface area (Å²) in [5.41, 5.74) is 2.98. The number of aryl methyl sites for hydroxylation is 1. The summed E-state index contributed by atoms with van der Waals surface area (Å²) in [7, 11) is -4.04. The molecule has 3 aromatic carbocycles. The van der Waals surface area contributed by atoms with Crippen LogP contribution >= 0.6 is 11.6 Å². The lowest BCUT2D eigenvalue weighted by Crippen LogP contribution is -2.16. The number of hydrogen-bond donors (Lipinski definition) is 2. The van der Waals surface area contributed by atoms with Crippen LogP contribution in [0, 0.1) is 19.7 Å². The molecule has 0 aliphatic carbocycles. The third-order valence-electron chi connectivity index (χ3n) is 5.13. The molecule has 0 aliphatic rings. The smallest absolute Gasteiger partial charge is 0.261 e. The molecule has 0 radical (unpaired) electrons. The molecule has 0 aliphatic heterocycles. The van der Waals surface area contributed by atoms with Gasteiger partial charge in [-0.05, 0) is 68.4 Å². The molecule has 1 amide bonds. The van der Waals surface area contributed by atoms with Crippen LogP contribution in [-0.2, 0) is 10.0 Å². The van der Waals surface area contributed by atoms with Gasteiger partial charge in [0.1, 0.15) is 5.82 Å². The van der Waals surface area contributed by atoms with E-state index in [0.29, 0.717) is 11.4 Å². The van der Waals surface area contributed by atoms with Gasteiger partial charge in [0, 0.05) is 5.56 Å². The fraction of sp³-hybridized carbons (Fsp3) is 0.0833. The van der Waals surface area contributed by atoms with Crippen molar-refractivity contribution in [1.82, 2.24) is 9.78 Å². The van der Waals surface area contributed by atoms with Crippen molar-refractivity contribution in [1.29, 1.82) is 0 Å². The lowest BCUT2D eigenvalue weighted by Gasteiger charge is -2.12. The molecule has 4 aromatic rings. The Morgan fingerprint density at radius 1 is 1.00 bits per heavy atom. The summed E-state index contributed by atoms with van der Waals surface area (Å²) < 4.78 is 42.6. The zero-order valence-corrected chi connectivity index (χ0v) is 19.8. The van der Waals surface area contributed by atoms with E-state index < -0.39 is 21.7 Å². The van der Waals surface area contributed by atoms with Gasteiger partial charge in [-0.3, -0.25) is 9.52 Å². The highest BCUT2D eigenvalue weighted by Gasteiger charge is 2.19. The van der Waals surface area contributed by atoms with Crippen molar-refractivity contribution in [3.63, 3.8) is 0 Å². The number of amides is 1. The Hall–Kier alpha value is -3.69. The fourth-order valence-electron chi connectivity index (χ4n) is 3.39. The SMILES string of the molecule is Cc1nn(-c2ccccc2)c(C)c1NC(=O)c1ccc(Cl)c(NS(=O)(=O)c2ccc(F)cc2)c1. The van der Waals surface area contributed by atoms with Gasteiger partial charge in [0.25, 0.3) is 15.9 Å². The minimum atomic E-state index is -4.04. The second kappa shape index (κ2) is 9.28. The molecule has 1 aromatic heterocycles. The summed E-state index contributed by atoms with van der Waals surface area (Å²) in [5.74, 6) is -1.02. The Bertz CT molecular complexity index is 1470. The van der Waals surface area contributed by atoms with Gasteiger partial charge in [0.15, 0.2) is 0 Å². The summed E-state index contributed by atoms with van der Waals surface area (Å²) in [4.78, 5) is 12.9. The highest BCUT2D eigenvalue weighted by atomic mass is 35.5. The number of para-hydroxylation sites is 1. The quantitative estimate of drug-likeness (QED) is 0.375. The molecule has 0 saturated heterocycles. The summed E-state index contributed by atoms with van der Waals surface area (Å²) in [5, 5.41) is 7.46. The molecule has 0 saturated carbocycles. The minimum Gasteiger partial charge on any atom is -0.319 e. The van der Waals surface area contributed by atoms with Gasteiger partial charge in [0.2, 0.25) is 0 Å². The maximum atomic E-state index is 13.2. The van der Waals surface area contributed by atoms with E-state index >= 15 is 0 Å². The van der Waals surface area contributed by atoms with E-state index in [1.54, 1.807) is 11.6 Å². The van der Waals surface area contributed by atoms with E-state index in [1.807, 2.05) is 37.3 Å². The Balaban J connectivity index is 1.59.